The van der Waals surface area contributed by atoms with E-state index in [0.29, 0.717) is 0 Å². The van der Waals surface area contributed by atoms with Gasteiger partial charge in [0.05, 0.1) is 11.0 Å². The van der Waals surface area contributed by atoms with Crippen LogP contribution in [0, 0.1) is 20.8 Å². The highest BCUT2D eigenvalue weighted by Crippen LogP contribution is 2.26. The molecule has 17 heavy (non-hydrogen) atoms. The Morgan fingerprint density at radius 3 is 2.24 bits per heavy atom. The monoisotopic (exact) mass is 221 g/mol. The van der Waals surface area contributed by atoms with Crippen LogP contribution in [0.25, 0.3) is 21.8 Å². The van der Waals surface area contributed by atoms with Crippen LogP contribution in [0.1, 0.15) is 16.7 Å². The number of hydrogen-bond donors (Lipinski definition) is 0. The lowest BCUT2D eigenvalue weighted by Crippen LogP contribution is -1.89. The van der Waals surface area contributed by atoms with Crippen LogP contribution < -0.4 is 0 Å². The van der Waals surface area contributed by atoms with Gasteiger partial charge in [0.2, 0.25) is 0 Å². The van der Waals surface area contributed by atoms with E-state index >= 15 is 0 Å². The largest absolute Gasteiger partial charge is 0.248 e. The number of aryl methyl sites for hydroxylation is 3. The molecule has 1 heterocycles. The maximum absolute atomic E-state index is 4.74. The number of benzene rings is 2. The van der Waals surface area contributed by atoms with E-state index < -0.39 is 0 Å². The van der Waals surface area contributed by atoms with E-state index in [1.807, 2.05) is 0 Å². The Kier molecular flexibility index (Phi) is 2.15. The molecule has 0 aliphatic rings. The summed E-state index contributed by atoms with van der Waals surface area (Å²) in [6.45, 7) is 6.41. The summed E-state index contributed by atoms with van der Waals surface area (Å²) in [5.74, 6) is 0. The van der Waals surface area contributed by atoms with Crippen molar-refractivity contribution in [3.8, 4) is 0 Å². The molecule has 1 heteroatoms. The Morgan fingerprint density at radius 1 is 0.706 bits per heavy atom. The Hall–Kier alpha value is -1.89. The fraction of sp³-hybridized carbons (Fsp3) is 0.188. The fourth-order valence-electron chi connectivity index (χ4n) is 2.37. The molecule has 1 nitrogen and oxygen atoms in total. The maximum Gasteiger partial charge on any atom is 0.0715 e. The third kappa shape index (κ3) is 1.59. The predicted octanol–water partition coefficient (Wildman–Crippen LogP) is 4.31. The first kappa shape index (κ1) is 10.3. The average molecular weight is 221 g/mol. The lowest BCUT2D eigenvalue weighted by molar-refractivity contribution is 1.40. The minimum Gasteiger partial charge on any atom is -0.248 e. The van der Waals surface area contributed by atoms with Crippen LogP contribution in [0.3, 0.4) is 0 Å². The minimum atomic E-state index is 1.09. The van der Waals surface area contributed by atoms with Gasteiger partial charge in [-0.25, -0.2) is 4.98 Å². The minimum absolute atomic E-state index is 1.09. The molecule has 0 aliphatic carbocycles. The molecule has 84 valence electrons. The van der Waals surface area contributed by atoms with E-state index in [0.717, 1.165) is 11.0 Å². The Balaban J connectivity index is 2.52. The van der Waals surface area contributed by atoms with Gasteiger partial charge in [-0.3, -0.25) is 0 Å². The molecular formula is C16H15N. The number of aromatic nitrogens is 1. The lowest BCUT2D eigenvalue weighted by Gasteiger charge is -2.08. The summed E-state index contributed by atoms with van der Waals surface area (Å²) < 4.78 is 0. The third-order valence-electron chi connectivity index (χ3n) is 3.35. The quantitative estimate of drug-likeness (QED) is 0.515. The van der Waals surface area contributed by atoms with Crippen molar-refractivity contribution in [2.45, 2.75) is 20.8 Å². The summed E-state index contributed by atoms with van der Waals surface area (Å²) in [7, 11) is 0. The SMILES string of the molecule is Cc1ccc2c(C)c3cc(C)ccc3nc2c1. The molecule has 0 unspecified atom stereocenters. The van der Waals surface area contributed by atoms with Crippen LogP contribution in [0.2, 0.25) is 0 Å². The Bertz CT molecular complexity index is 726. The molecule has 2 aromatic carbocycles. The second kappa shape index (κ2) is 3.56. The molecule has 0 radical (unpaired) electrons. The molecular weight excluding hydrogens is 206 g/mol. The molecule has 3 aromatic rings. The maximum atomic E-state index is 4.74. The standard InChI is InChI=1S/C16H15N/c1-10-5-7-15-14(8-10)12(3)13-6-4-11(2)9-16(13)17-15/h4-9H,1-3H3. The molecule has 0 saturated heterocycles. The summed E-state index contributed by atoms with van der Waals surface area (Å²) in [5, 5.41) is 2.52. The van der Waals surface area contributed by atoms with Crippen molar-refractivity contribution in [2.24, 2.45) is 0 Å². The molecule has 0 fully saturated rings. The van der Waals surface area contributed by atoms with Crippen LogP contribution in [0.5, 0.6) is 0 Å². The summed E-state index contributed by atoms with van der Waals surface area (Å²) in [6, 6.07) is 12.9. The molecule has 1 aromatic heterocycles. The molecule has 3 rings (SSSR count). The van der Waals surface area contributed by atoms with Gasteiger partial charge in [-0.15, -0.1) is 0 Å². The van der Waals surface area contributed by atoms with Gasteiger partial charge in [0, 0.05) is 10.8 Å². The average Bonchev–Trinajstić information content (AvgIpc) is 2.30. The van der Waals surface area contributed by atoms with Crippen LogP contribution in [-0.4, -0.2) is 4.98 Å². The van der Waals surface area contributed by atoms with Crippen molar-refractivity contribution in [1.29, 1.82) is 0 Å². The van der Waals surface area contributed by atoms with Crippen LogP contribution in [0.4, 0.5) is 0 Å². The highest BCUT2D eigenvalue weighted by Gasteiger charge is 2.05. The Morgan fingerprint density at radius 2 is 1.41 bits per heavy atom. The first-order valence-corrected chi connectivity index (χ1v) is 5.92. The summed E-state index contributed by atoms with van der Waals surface area (Å²) in [4.78, 5) is 4.74. The fourth-order valence-corrected chi connectivity index (χ4v) is 2.37. The van der Waals surface area contributed by atoms with Gasteiger partial charge < -0.3 is 0 Å². The van der Waals surface area contributed by atoms with Gasteiger partial charge in [0.15, 0.2) is 0 Å². The van der Waals surface area contributed by atoms with E-state index in [2.05, 4.69) is 57.2 Å². The summed E-state index contributed by atoms with van der Waals surface area (Å²) in [5.41, 5.74) is 6.06. The van der Waals surface area contributed by atoms with Gasteiger partial charge in [-0.2, -0.15) is 0 Å². The van der Waals surface area contributed by atoms with Crippen molar-refractivity contribution in [3.63, 3.8) is 0 Å². The summed E-state index contributed by atoms with van der Waals surface area (Å²) >= 11 is 0. The number of nitrogens with zero attached hydrogens (tertiary/aromatic N) is 1. The number of rotatable bonds is 0. The highest BCUT2D eigenvalue weighted by molar-refractivity contribution is 5.97. The number of pyridine rings is 1. The normalized spacial score (nSPS) is 11.2. The predicted molar refractivity (Wildman–Crippen MR) is 73.5 cm³/mol. The first-order valence-electron chi connectivity index (χ1n) is 5.92. The zero-order chi connectivity index (χ0) is 12.0. The number of fused-ring (bicyclic) bond motifs is 2. The first-order chi connectivity index (χ1) is 8.15. The van der Waals surface area contributed by atoms with E-state index in [4.69, 9.17) is 4.98 Å². The van der Waals surface area contributed by atoms with Crippen molar-refractivity contribution < 1.29 is 0 Å². The van der Waals surface area contributed by atoms with E-state index in [1.54, 1.807) is 0 Å². The van der Waals surface area contributed by atoms with Crippen LogP contribution in [0.15, 0.2) is 36.4 Å². The molecule has 0 amide bonds. The second-order valence-electron chi connectivity index (χ2n) is 4.78. The van der Waals surface area contributed by atoms with Gasteiger partial charge >= 0.3 is 0 Å². The highest BCUT2D eigenvalue weighted by atomic mass is 14.7. The van der Waals surface area contributed by atoms with Crippen molar-refractivity contribution >= 4 is 21.8 Å². The van der Waals surface area contributed by atoms with Crippen LogP contribution >= 0.6 is 0 Å². The topological polar surface area (TPSA) is 12.9 Å². The van der Waals surface area contributed by atoms with E-state index in [9.17, 15) is 0 Å². The number of hydrogen-bond acceptors (Lipinski definition) is 1. The lowest BCUT2D eigenvalue weighted by atomic mass is 10.0. The van der Waals surface area contributed by atoms with Gasteiger partial charge in [0.25, 0.3) is 0 Å². The summed E-state index contributed by atoms with van der Waals surface area (Å²) in [6.07, 6.45) is 0. The molecule has 0 N–H and O–H groups in total. The second-order valence-corrected chi connectivity index (χ2v) is 4.78. The zero-order valence-corrected chi connectivity index (χ0v) is 10.4. The molecule has 0 spiro atoms. The Labute approximate surface area is 101 Å². The third-order valence-corrected chi connectivity index (χ3v) is 3.35. The molecule has 0 aliphatic heterocycles. The molecule has 0 bridgehead atoms. The van der Waals surface area contributed by atoms with Gasteiger partial charge in [-0.05, 0) is 50.1 Å². The van der Waals surface area contributed by atoms with E-state index in [-0.39, 0.29) is 0 Å². The van der Waals surface area contributed by atoms with Gasteiger partial charge in [0.1, 0.15) is 0 Å². The molecule has 0 saturated carbocycles. The smallest absolute Gasteiger partial charge is 0.0715 e. The molecule has 0 atom stereocenters. The van der Waals surface area contributed by atoms with E-state index in [1.165, 1.54) is 27.5 Å². The van der Waals surface area contributed by atoms with Crippen molar-refractivity contribution in [1.82, 2.24) is 4.98 Å². The van der Waals surface area contributed by atoms with Crippen molar-refractivity contribution in [3.05, 3.63) is 53.1 Å². The van der Waals surface area contributed by atoms with Crippen molar-refractivity contribution in [2.75, 3.05) is 0 Å². The van der Waals surface area contributed by atoms with Gasteiger partial charge in [-0.1, -0.05) is 23.8 Å². The van der Waals surface area contributed by atoms with Crippen LogP contribution in [-0.2, 0) is 0 Å². The zero-order valence-electron chi connectivity index (χ0n) is 10.4.